The second-order valence-corrected chi connectivity index (χ2v) is 11.4. The summed E-state index contributed by atoms with van der Waals surface area (Å²) in [6, 6.07) is 2.42. The number of hydrogen-bond acceptors (Lipinski definition) is 9. The van der Waals surface area contributed by atoms with Gasteiger partial charge in [0.2, 0.25) is 0 Å². The van der Waals surface area contributed by atoms with Gasteiger partial charge in [0.25, 0.3) is 0 Å². The van der Waals surface area contributed by atoms with Crippen molar-refractivity contribution in [3.05, 3.63) is 47.8 Å². The first-order chi connectivity index (χ1) is 18.0. The van der Waals surface area contributed by atoms with Crippen LogP contribution in [0.25, 0.3) is 0 Å². The van der Waals surface area contributed by atoms with Crippen molar-refractivity contribution in [3.8, 4) is 0 Å². The SMILES string of the molecule is CO[C@H]1C[C@H]2C=C[C@H]3[C@@H]4[C@H](OC(=O)c5ccc[nH]5)[C@H](C)N(O)[C@H]4[C@H]3[C@]2(O)/C(C)=C/[C@@H](C)[C@@H]([C@@H](C)O)OC1=O. The number of rotatable bonds is 4. The third-order valence-electron chi connectivity index (χ3n) is 9.30. The van der Waals surface area contributed by atoms with Gasteiger partial charge < -0.3 is 34.6 Å². The van der Waals surface area contributed by atoms with Gasteiger partial charge in [-0.15, -0.1) is 0 Å². The number of aromatic nitrogens is 1. The van der Waals surface area contributed by atoms with Crippen LogP contribution in [0.2, 0.25) is 0 Å². The number of cyclic esters (lactones) is 1. The number of methoxy groups -OCH3 is 1. The first kappa shape index (κ1) is 27.1. The molecule has 1 saturated heterocycles. The van der Waals surface area contributed by atoms with Gasteiger partial charge in [-0.2, -0.15) is 5.06 Å². The highest BCUT2D eigenvalue weighted by Gasteiger charge is 2.71. The molecule has 0 amide bonds. The van der Waals surface area contributed by atoms with Crippen molar-refractivity contribution >= 4 is 11.9 Å². The molecule has 0 spiro atoms. The number of hydroxylamine groups is 2. The Bertz CT molecular complexity index is 1120. The molecule has 38 heavy (non-hydrogen) atoms. The highest BCUT2D eigenvalue weighted by Crippen LogP contribution is 2.62. The minimum Gasteiger partial charge on any atom is -0.457 e. The molecule has 10 nitrogen and oxygen atoms in total. The van der Waals surface area contributed by atoms with Gasteiger partial charge in [0.15, 0.2) is 6.10 Å². The van der Waals surface area contributed by atoms with Crippen LogP contribution >= 0.6 is 0 Å². The summed E-state index contributed by atoms with van der Waals surface area (Å²) in [5, 5.41) is 35.3. The van der Waals surface area contributed by atoms with E-state index in [9.17, 15) is 25.0 Å². The van der Waals surface area contributed by atoms with E-state index in [1.165, 1.54) is 12.2 Å². The molecule has 12 atom stereocenters. The van der Waals surface area contributed by atoms with Crippen molar-refractivity contribution in [2.75, 3.05) is 7.11 Å². The summed E-state index contributed by atoms with van der Waals surface area (Å²) in [4.78, 5) is 28.6. The minimum absolute atomic E-state index is 0.163. The lowest BCUT2D eigenvalue weighted by Gasteiger charge is -2.60. The van der Waals surface area contributed by atoms with Gasteiger partial charge in [-0.25, -0.2) is 9.59 Å². The summed E-state index contributed by atoms with van der Waals surface area (Å²) >= 11 is 0. The predicted octanol–water partition coefficient (Wildman–Crippen LogP) is 2.07. The normalized spacial score (nSPS) is 44.9. The Balaban J connectivity index is 1.52. The number of hydrogen-bond donors (Lipinski definition) is 4. The number of aromatic amines is 1. The van der Waals surface area contributed by atoms with Crippen LogP contribution in [0.4, 0.5) is 0 Å². The average molecular weight is 531 g/mol. The van der Waals surface area contributed by atoms with Crippen LogP contribution < -0.4 is 0 Å². The third kappa shape index (κ3) is 4.05. The van der Waals surface area contributed by atoms with Crippen molar-refractivity contribution in [1.82, 2.24) is 10.0 Å². The summed E-state index contributed by atoms with van der Waals surface area (Å²) in [5.74, 6) is -2.74. The van der Waals surface area contributed by atoms with Crippen LogP contribution in [-0.4, -0.2) is 86.6 Å². The second-order valence-electron chi connectivity index (χ2n) is 11.4. The fourth-order valence-corrected chi connectivity index (χ4v) is 7.38. The van der Waals surface area contributed by atoms with Gasteiger partial charge in [0, 0.05) is 43.0 Å². The van der Waals surface area contributed by atoms with E-state index in [4.69, 9.17) is 14.2 Å². The lowest BCUT2D eigenvalue weighted by Crippen LogP contribution is -2.68. The van der Waals surface area contributed by atoms with E-state index in [0.29, 0.717) is 11.3 Å². The molecule has 2 aliphatic carbocycles. The number of carbonyl (C=O) groups is 2. The molecule has 2 fully saturated rings. The fourth-order valence-electron chi connectivity index (χ4n) is 7.38. The van der Waals surface area contributed by atoms with E-state index in [0.717, 1.165) is 0 Å². The molecule has 0 bridgehead atoms. The van der Waals surface area contributed by atoms with Crippen molar-refractivity contribution in [2.45, 2.75) is 76.2 Å². The van der Waals surface area contributed by atoms with Gasteiger partial charge >= 0.3 is 11.9 Å². The van der Waals surface area contributed by atoms with Crippen LogP contribution in [0.15, 0.2) is 42.1 Å². The lowest BCUT2D eigenvalue weighted by molar-refractivity contribution is -0.224. The van der Waals surface area contributed by atoms with E-state index in [-0.39, 0.29) is 24.2 Å². The van der Waals surface area contributed by atoms with Gasteiger partial charge in [0.1, 0.15) is 17.9 Å². The minimum atomic E-state index is -1.41. The van der Waals surface area contributed by atoms with Crippen LogP contribution in [0.5, 0.6) is 0 Å². The molecule has 0 aromatic carbocycles. The first-order valence-corrected chi connectivity index (χ1v) is 13.3. The summed E-state index contributed by atoms with van der Waals surface area (Å²) in [7, 11) is 1.42. The predicted molar refractivity (Wildman–Crippen MR) is 135 cm³/mol. The van der Waals surface area contributed by atoms with Crippen molar-refractivity contribution < 1.29 is 39.2 Å². The number of aliphatic hydroxyl groups is 2. The Labute approximate surface area is 222 Å². The number of aliphatic hydroxyl groups excluding tert-OH is 1. The molecule has 1 saturated carbocycles. The van der Waals surface area contributed by atoms with E-state index >= 15 is 0 Å². The van der Waals surface area contributed by atoms with E-state index in [1.807, 2.05) is 39.0 Å². The summed E-state index contributed by atoms with van der Waals surface area (Å²) in [6.07, 6.45) is 4.37. The quantitative estimate of drug-likeness (QED) is 0.340. The van der Waals surface area contributed by atoms with Gasteiger partial charge in [-0.3, -0.25) is 0 Å². The summed E-state index contributed by atoms with van der Waals surface area (Å²) in [6.45, 7) is 7.06. The molecule has 0 unspecified atom stereocenters. The molecule has 5 rings (SSSR count). The molecule has 208 valence electrons. The standard InChI is InChI=1S/C28H38N2O8/c1-13-11-14(2)28(34)17(12-20(36-5)27(33)37-24(13)16(4)31)8-9-18-21-23(22(18)28)30(35)15(3)25(21)38-26(32)19-7-6-10-29-19/h6-11,13,15-18,20-25,29,31,34-35H,12H2,1-5H3/b14-11+/t13-,15+,16-,17-,18+,20+,21+,22+,23-,24+,25-,28+/m1/s1. The monoisotopic (exact) mass is 530 g/mol. The Morgan fingerprint density at radius 2 is 2.05 bits per heavy atom. The number of H-pyrrole nitrogens is 1. The maximum atomic E-state index is 13.0. The number of fused-ring (bicyclic) bond motifs is 6. The fraction of sp³-hybridized carbons (Fsp3) is 0.643. The Morgan fingerprint density at radius 1 is 1.32 bits per heavy atom. The molecule has 4 aliphatic rings. The van der Waals surface area contributed by atoms with E-state index in [1.54, 1.807) is 25.3 Å². The van der Waals surface area contributed by atoms with Crippen molar-refractivity contribution in [1.29, 1.82) is 0 Å². The molecule has 1 aromatic rings. The molecule has 3 heterocycles. The molecule has 10 heteroatoms. The van der Waals surface area contributed by atoms with Gasteiger partial charge in [-0.05, 0) is 50.8 Å². The molecule has 1 aromatic heterocycles. The topological polar surface area (TPSA) is 142 Å². The molecule has 2 aliphatic heterocycles. The maximum Gasteiger partial charge on any atom is 0.355 e. The van der Waals surface area contributed by atoms with Gasteiger partial charge in [0.05, 0.1) is 17.7 Å². The van der Waals surface area contributed by atoms with Crippen LogP contribution in [0.3, 0.4) is 0 Å². The molecule has 4 N–H and O–H groups in total. The Morgan fingerprint density at radius 3 is 2.68 bits per heavy atom. The third-order valence-corrected chi connectivity index (χ3v) is 9.30. The highest BCUT2D eigenvalue weighted by molar-refractivity contribution is 5.87. The number of carbonyl (C=O) groups excluding carboxylic acids is 2. The smallest absolute Gasteiger partial charge is 0.355 e. The average Bonchev–Trinajstić information content (AvgIpc) is 3.46. The van der Waals surface area contributed by atoms with E-state index < -0.39 is 65.9 Å². The lowest BCUT2D eigenvalue weighted by atomic mass is 9.48. The maximum absolute atomic E-state index is 13.0. The number of allylic oxidation sites excluding steroid dienone is 1. The Hall–Kier alpha value is -2.50. The van der Waals surface area contributed by atoms with Gasteiger partial charge in [-0.1, -0.05) is 25.2 Å². The number of esters is 2. The zero-order valence-corrected chi connectivity index (χ0v) is 22.4. The first-order valence-electron chi connectivity index (χ1n) is 13.3. The zero-order valence-electron chi connectivity index (χ0n) is 22.4. The zero-order chi connectivity index (χ0) is 27.5. The van der Waals surface area contributed by atoms with Crippen LogP contribution in [0.1, 0.15) is 44.6 Å². The van der Waals surface area contributed by atoms with Crippen LogP contribution in [0, 0.1) is 29.6 Å². The van der Waals surface area contributed by atoms with Crippen LogP contribution in [-0.2, 0) is 19.0 Å². The van der Waals surface area contributed by atoms with E-state index in [2.05, 4.69) is 4.98 Å². The summed E-state index contributed by atoms with van der Waals surface area (Å²) < 4.78 is 17.0. The van der Waals surface area contributed by atoms with Crippen molar-refractivity contribution in [3.63, 3.8) is 0 Å². The molecule has 0 radical (unpaired) electrons. The Kier molecular flexibility index (Phi) is 7.06. The number of nitrogens with one attached hydrogen (secondary N) is 1. The highest BCUT2D eigenvalue weighted by atomic mass is 16.6. The molecular weight excluding hydrogens is 492 g/mol. The number of ether oxygens (including phenoxy) is 3. The second kappa shape index (κ2) is 9.91. The number of nitrogens with zero attached hydrogens (tertiary/aromatic N) is 1. The largest absolute Gasteiger partial charge is 0.457 e. The van der Waals surface area contributed by atoms with Crippen molar-refractivity contribution in [2.24, 2.45) is 29.6 Å². The molecular formula is C28H38N2O8. The summed E-state index contributed by atoms with van der Waals surface area (Å²) in [5.41, 5.74) is -0.394.